The average molecular weight is 273 g/mol. The highest BCUT2D eigenvalue weighted by Gasteiger charge is 2.10. The molecule has 3 aromatic rings. The number of nitrogens with two attached hydrogens (primary N) is 1. The van der Waals surface area contributed by atoms with Crippen LogP contribution in [0.1, 0.15) is 0 Å². The molecule has 1 aromatic heterocycles. The van der Waals surface area contributed by atoms with E-state index in [1.807, 2.05) is 35.1 Å². The van der Waals surface area contributed by atoms with Gasteiger partial charge in [0.05, 0.1) is 11.0 Å². The summed E-state index contributed by atoms with van der Waals surface area (Å²) in [4.78, 5) is 5.37. The summed E-state index contributed by atoms with van der Waals surface area (Å²) in [6.45, 7) is 0. The zero-order valence-corrected chi connectivity index (χ0v) is 11.1. The van der Waals surface area contributed by atoms with Crippen LogP contribution in [0.15, 0.2) is 47.4 Å². The lowest BCUT2D eigenvalue weighted by Crippen LogP contribution is -2.00. The minimum atomic E-state index is -0.310. The molecule has 0 bridgehead atoms. The summed E-state index contributed by atoms with van der Waals surface area (Å²) in [6, 6.07) is 12.5. The van der Waals surface area contributed by atoms with Crippen LogP contribution in [0.5, 0.6) is 0 Å². The Kier molecular flexibility index (Phi) is 2.91. The molecule has 0 amide bonds. The van der Waals surface area contributed by atoms with Crippen LogP contribution < -0.4 is 5.73 Å². The van der Waals surface area contributed by atoms with E-state index in [1.54, 1.807) is 17.8 Å². The van der Waals surface area contributed by atoms with Crippen LogP contribution in [0.2, 0.25) is 0 Å². The van der Waals surface area contributed by atoms with Crippen molar-refractivity contribution in [3.05, 3.63) is 48.3 Å². The zero-order chi connectivity index (χ0) is 13.4. The van der Waals surface area contributed by atoms with Gasteiger partial charge in [-0.25, -0.2) is 9.37 Å². The SMILES string of the molecule is CSc1ccc(-n2c(N)nc3cc(F)ccc32)cc1. The Bertz CT molecular complexity index is 734. The topological polar surface area (TPSA) is 43.8 Å². The third-order valence-corrected chi connectivity index (χ3v) is 3.72. The number of hydrogen-bond acceptors (Lipinski definition) is 3. The number of anilines is 1. The van der Waals surface area contributed by atoms with Crippen molar-refractivity contribution in [2.75, 3.05) is 12.0 Å². The number of nitrogen functional groups attached to an aromatic ring is 1. The molecule has 0 unspecified atom stereocenters. The molecule has 96 valence electrons. The first-order valence-electron chi connectivity index (χ1n) is 5.77. The number of aromatic nitrogens is 2. The van der Waals surface area contributed by atoms with Gasteiger partial charge >= 0.3 is 0 Å². The number of benzene rings is 2. The number of imidazole rings is 1. The summed E-state index contributed by atoms with van der Waals surface area (Å²) in [5, 5.41) is 0. The minimum absolute atomic E-state index is 0.310. The van der Waals surface area contributed by atoms with Gasteiger partial charge in [-0.3, -0.25) is 4.57 Å². The van der Waals surface area contributed by atoms with Crippen LogP contribution in [0.3, 0.4) is 0 Å². The van der Waals surface area contributed by atoms with Crippen molar-refractivity contribution in [3.63, 3.8) is 0 Å². The lowest BCUT2D eigenvalue weighted by atomic mass is 10.2. The Morgan fingerprint density at radius 2 is 1.89 bits per heavy atom. The van der Waals surface area contributed by atoms with Gasteiger partial charge in [0.2, 0.25) is 5.95 Å². The first kappa shape index (κ1) is 12.0. The van der Waals surface area contributed by atoms with E-state index in [-0.39, 0.29) is 5.82 Å². The van der Waals surface area contributed by atoms with Crippen molar-refractivity contribution in [1.82, 2.24) is 9.55 Å². The number of hydrogen-bond donors (Lipinski definition) is 1. The highest BCUT2D eigenvalue weighted by molar-refractivity contribution is 7.98. The molecule has 0 atom stereocenters. The first-order valence-corrected chi connectivity index (χ1v) is 6.99. The molecule has 5 heteroatoms. The van der Waals surface area contributed by atoms with Crippen LogP contribution in [0, 0.1) is 5.82 Å². The van der Waals surface area contributed by atoms with Crippen LogP contribution >= 0.6 is 11.8 Å². The summed E-state index contributed by atoms with van der Waals surface area (Å²) in [5.41, 5.74) is 8.21. The summed E-state index contributed by atoms with van der Waals surface area (Å²) in [6.07, 6.45) is 2.03. The molecular weight excluding hydrogens is 261 g/mol. The molecule has 0 aliphatic rings. The number of thioether (sulfide) groups is 1. The van der Waals surface area contributed by atoms with Gasteiger partial charge in [-0.05, 0) is 42.7 Å². The second-order valence-corrected chi connectivity index (χ2v) is 5.02. The fraction of sp³-hybridized carbons (Fsp3) is 0.0714. The normalized spacial score (nSPS) is 11.1. The fourth-order valence-electron chi connectivity index (χ4n) is 2.07. The summed E-state index contributed by atoms with van der Waals surface area (Å²) in [7, 11) is 0. The van der Waals surface area contributed by atoms with Crippen LogP contribution in [-0.4, -0.2) is 15.8 Å². The summed E-state index contributed by atoms with van der Waals surface area (Å²) >= 11 is 1.68. The average Bonchev–Trinajstić information content (AvgIpc) is 2.74. The first-order chi connectivity index (χ1) is 9.19. The maximum absolute atomic E-state index is 13.2. The van der Waals surface area contributed by atoms with Gasteiger partial charge in [0.25, 0.3) is 0 Å². The van der Waals surface area contributed by atoms with E-state index in [0.29, 0.717) is 11.5 Å². The molecule has 1 heterocycles. The van der Waals surface area contributed by atoms with Gasteiger partial charge in [-0.2, -0.15) is 0 Å². The Balaban J connectivity index is 2.20. The fourth-order valence-corrected chi connectivity index (χ4v) is 2.48. The molecule has 0 fully saturated rings. The van der Waals surface area contributed by atoms with Crippen molar-refractivity contribution >= 4 is 28.7 Å². The number of rotatable bonds is 2. The lowest BCUT2D eigenvalue weighted by Gasteiger charge is -2.07. The molecule has 0 saturated carbocycles. The van der Waals surface area contributed by atoms with E-state index in [1.165, 1.54) is 17.0 Å². The van der Waals surface area contributed by atoms with Crippen molar-refractivity contribution in [3.8, 4) is 5.69 Å². The molecular formula is C14H12FN3S. The predicted octanol–water partition coefficient (Wildman–Crippen LogP) is 3.47. The lowest BCUT2D eigenvalue weighted by molar-refractivity contribution is 0.629. The van der Waals surface area contributed by atoms with Crippen molar-refractivity contribution in [1.29, 1.82) is 0 Å². The van der Waals surface area contributed by atoms with Gasteiger partial charge in [-0.1, -0.05) is 0 Å². The summed E-state index contributed by atoms with van der Waals surface area (Å²) in [5.74, 6) is 0.0485. The van der Waals surface area contributed by atoms with Crippen LogP contribution in [-0.2, 0) is 0 Å². The third kappa shape index (κ3) is 2.06. The van der Waals surface area contributed by atoms with E-state index in [2.05, 4.69) is 4.98 Å². The van der Waals surface area contributed by atoms with E-state index in [4.69, 9.17) is 5.73 Å². The Labute approximate surface area is 114 Å². The Morgan fingerprint density at radius 3 is 2.58 bits per heavy atom. The van der Waals surface area contributed by atoms with Crippen molar-refractivity contribution in [2.45, 2.75) is 4.90 Å². The van der Waals surface area contributed by atoms with Crippen molar-refractivity contribution in [2.24, 2.45) is 0 Å². The molecule has 0 aliphatic heterocycles. The van der Waals surface area contributed by atoms with Crippen LogP contribution in [0.25, 0.3) is 16.7 Å². The maximum Gasteiger partial charge on any atom is 0.205 e. The highest BCUT2D eigenvalue weighted by atomic mass is 32.2. The molecule has 3 rings (SSSR count). The third-order valence-electron chi connectivity index (χ3n) is 2.97. The van der Waals surface area contributed by atoms with Crippen molar-refractivity contribution < 1.29 is 4.39 Å². The molecule has 0 saturated heterocycles. The van der Waals surface area contributed by atoms with Gasteiger partial charge < -0.3 is 5.73 Å². The second-order valence-electron chi connectivity index (χ2n) is 4.14. The van der Waals surface area contributed by atoms with Gasteiger partial charge in [-0.15, -0.1) is 11.8 Å². The molecule has 0 radical (unpaired) electrons. The van der Waals surface area contributed by atoms with Gasteiger partial charge in [0, 0.05) is 16.6 Å². The van der Waals surface area contributed by atoms with E-state index >= 15 is 0 Å². The minimum Gasteiger partial charge on any atom is -0.369 e. The van der Waals surface area contributed by atoms with E-state index < -0.39 is 0 Å². The Morgan fingerprint density at radius 1 is 1.16 bits per heavy atom. The maximum atomic E-state index is 13.2. The van der Waals surface area contributed by atoms with Gasteiger partial charge in [0.15, 0.2) is 0 Å². The molecule has 3 nitrogen and oxygen atoms in total. The molecule has 19 heavy (non-hydrogen) atoms. The predicted molar refractivity (Wildman–Crippen MR) is 77.2 cm³/mol. The Hall–Kier alpha value is -2.01. The molecule has 2 N–H and O–H groups in total. The smallest absolute Gasteiger partial charge is 0.205 e. The monoisotopic (exact) mass is 273 g/mol. The molecule has 0 aliphatic carbocycles. The number of fused-ring (bicyclic) bond motifs is 1. The zero-order valence-electron chi connectivity index (χ0n) is 10.3. The largest absolute Gasteiger partial charge is 0.369 e. The standard InChI is InChI=1S/C14H12FN3S/c1-19-11-5-3-10(4-6-11)18-13-7-2-9(15)8-12(13)17-14(18)16/h2-8H,1H3,(H2,16,17). The van der Waals surface area contributed by atoms with E-state index in [0.717, 1.165) is 11.2 Å². The highest BCUT2D eigenvalue weighted by Crippen LogP contribution is 2.25. The quantitative estimate of drug-likeness (QED) is 0.727. The second kappa shape index (κ2) is 4.59. The number of halogens is 1. The number of nitrogens with zero attached hydrogens (tertiary/aromatic N) is 2. The summed E-state index contributed by atoms with van der Waals surface area (Å²) < 4.78 is 15.0. The molecule has 0 spiro atoms. The molecule has 2 aromatic carbocycles. The van der Waals surface area contributed by atoms with Crippen LogP contribution in [0.4, 0.5) is 10.3 Å². The van der Waals surface area contributed by atoms with Gasteiger partial charge in [0.1, 0.15) is 5.82 Å². The van der Waals surface area contributed by atoms with E-state index in [9.17, 15) is 4.39 Å².